The lowest BCUT2D eigenvalue weighted by atomic mass is 10.0. The van der Waals surface area contributed by atoms with Crippen molar-refractivity contribution in [2.75, 3.05) is 66.2 Å². The summed E-state index contributed by atoms with van der Waals surface area (Å²) in [7, 11) is 1.76. The lowest BCUT2D eigenvalue weighted by Gasteiger charge is -2.34. The first kappa shape index (κ1) is 21.0. The molecule has 28 heavy (non-hydrogen) atoms. The summed E-state index contributed by atoms with van der Waals surface area (Å²) in [6, 6.07) is 6.95. The molecule has 0 bridgehead atoms. The summed E-state index contributed by atoms with van der Waals surface area (Å²) >= 11 is 0. The third kappa shape index (κ3) is 5.65. The van der Waals surface area contributed by atoms with E-state index in [1.165, 1.54) is 6.07 Å². The minimum Gasteiger partial charge on any atom is -0.384 e. The molecule has 7 heteroatoms. The van der Waals surface area contributed by atoms with E-state index in [2.05, 4.69) is 22.0 Å². The molecule has 0 radical (unpaired) electrons. The van der Waals surface area contributed by atoms with Gasteiger partial charge in [-0.1, -0.05) is 12.1 Å². The average molecular weight is 393 g/mol. The zero-order valence-corrected chi connectivity index (χ0v) is 17.1. The molecular weight excluding hydrogens is 359 g/mol. The van der Waals surface area contributed by atoms with E-state index in [-0.39, 0.29) is 11.9 Å². The van der Waals surface area contributed by atoms with Crippen LogP contribution in [0.2, 0.25) is 0 Å². The van der Waals surface area contributed by atoms with E-state index in [0.717, 1.165) is 57.3 Å². The Hall–Kier alpha value is -1.70. The molecule has 2 heterocycles. The van der Waals surface area contributed by atoms with E-state index in [1.807, 2.05) is 6.07 Å². The normalized spacial score (nSPS) is 22.5. The molecule has 1 aromatic rings. The number of likely N-dealkylation sites (tertiary alicyclic amines) is 1. The summed E-state index contributed by atoms with van der Waals surface area (Å²) < 4.78 is 24.7. The molecule has 0 aromatic heterocycles. The van der Waals surface area contributed by atoms with Crippen LogP contribution in [0.25, 0.3) is 0 Å². The fourth-order valence-electron chi connectivity index (χ4n) is 4.03. The Morgan fingerprint density at radius 3 is 2.89 bits per heavy atom. The van der Waals surface area contributed by atoms with Gasteiger partial charge in [0.2, 0.25) is 0 Å². The maximum atomic E-state index is 13.9. The first-order valence-electron chi connectivity index (χ1n) is 10.3. The Balaban J connectivity index is 1.75. The van der Waals surface area contributed by atoms with Gasteiger partial charge in [0.05, 0.1) is 32.4 Å². The largest absolute Gasteiger partial charge is 0.384 e. The summed E-state index contributed by atoms with van der Waals surface area (Å²) in [6.07, 6.45) is 1.12. The summed E-state index contributed by atoms with van der Waals surface area (Å²) in [5, 5.41) is 3.43. The van der Waals surface area contributed by atoms with Crippen LogP contribution in [-0.2, 0) is 9.47 Å². The number of benzene rings is 1. The molecule has 0 aliphatic carbocycles. The van der Waals surface area contributed by atoms with Gasteiger partial charge in [-0.2, -0.15) is 0 Å². The van der Waals surface area contributed by atoms with Crippen molar-refractivity contribution >= 4 is 5.96 Å². The van der Waals surface area contributed by atoms with Gasteiger partial charge in [-0.05, 0) is 31.0 Å². The monoisotopic (exact) mass is 392 g/mol. The Morgan fingerprint density at radius 2 is 2.18 bits per heavy atom. The van der Waals surface area contributed by atoms with E-state index in [0.29, 0.717) is 25.7 Å². The van der Waals surface area contributed by atoms with E-state index in [9.17, 15) is 4.39 Å². The van der Waals surface area contributed by atoms with Gasteiger partial charge in [0.1, 0.15) is 5.82 Å². The molecule has 0 saturated carbocycles. The standard InChI is InChI=1S/C21H33FN4O2/c1-3-23-21(26-8-7-17(15-26)16-27-2)24-14-20(25-9-11-28-12-10-25)18-5-4-6-19(22)13-18/h4-6,13,17,20H,3,7-12,14-16H2,1-2H3,(H,23,24). The van der Waals surface area contributed by atoms with Crippen molar-refractivity contribution in [3.05, 3.63) is 35.6 Å². The number of halogens is 1. The van der Waals surface area contributed by atoms with Gasteiger partial charge in [-0.25, -0.2) is 4.39 Å². The average Bonchev–Trinajstić information content (AvgIpc) is 3.17. The lowest BCUT2D eigenvalue weighted by Crippen LogP contribution is -2.43. The third-order valence-electron chi connectivity index (χ3n) is 5.46. The van der Waals surface area contributed by atoms with Crippen molar-refractivity contribution in [1.82, 2.24) is 15.1 Å². The highest BCUT2D eigenvalue weighted by Crippen LogP contribution is 2.24. The highest BCUT2D eigenvalue weighted by Gasteiger charge is 2.26. The molecular formula is C21H33FN4O2. The molecule has 2 atom stereocenters. The second kappa shape index (κ2) is 10.7. The number of nitrogens with zero attached hydrogens (tertiary/aromatic N) is 3. The molecule has 1 aromatic carbocycles. The molecule has 1 N–H and O–H groups in total. The topological polar surface area (TPSA) is 49.3 Å². The number of methoxy groups -OCH3 is 1. The predicted octanol–water partition coefficient (Wildman–Crippen LogP) is 2.13. The van der Waals surface area contributed by atoms with Crippen LogP contribution in [0, 0.1) is 11.7 Å². The smallest absolute Gasteiger partial charge is 0.193 e. The van der Waals surface area contributed by atoms with Crippen LogP contribution in [0.15, 0.2) is 29.3 Å². The Kier molecular flexibility index (Phi) is 8.06. The number of nitrogens with one attached hydrogen (secondary N) is 1. The van der Waals surface area contributed by atoms with E-state index in [1.54, 1.807) is 19.2 Å². The first-order chi connectivity index (χ1) is 13.7. The predicted molar refractivity (Wildman–Crippen MR) is 109 cm³/mol. The van der Waals surface area contributed by atoms with Crippen molar-refractivity contribution in [2.24, 2.45) is 10.9 Å². The fraction of sp³-hybridized carbons (Fsp3) is 0.667. The molecule has 2 fully saturated rings. The van der Waals surface area contributed by atoms with E-state index >= 15 is 0 Å². The SMILES string of the molecule is CCNC(=NCC(c1cccc(F)c1)N1CCOCC1)N1CCC(COC)C1. The van der Waals surface area contributed by atoms with Crippen molar-refractivity contribution in [3.63, 3.8) is 0 Å². The van der Waals surface area contributed by atoms with Crippen molar-refractivity contribution in [2.45, 2.75) is 19.4 Å². The number of aliphatic imine (C=N–C) groups is 1. The van der Waals surface area contributed by atoms with Gasteiger partial charge in [0, 0.05) is 45.8 Å². The minimum atomic E-state index is -0.200. The van der Waals surface area contributed by atoms with Crippen LogP contribution in [-0.4, -0.2) is 82.0 Å². The first-order valence-corrected chi connectivity index (χ1v) is 10.3. The maximum absolute atomic E-state index is 13.9. The Morgan fingerprint density at radius 1 is 1.36 bits per heavy atom. The van der Waals surface area contributed by atoms with Crippen LogP contribution in [0.1, 0.15) is 24.9 Å². The summed E-state index contributed by atoms with van der Waals surface area (Å²) in [5.41, 5.74) is 0.972. The highest BCUT2D eigenvalue weighted by atomic mass is 19.1. The Labute approximate surface area is 167 Å². The Bertz CT molecular complexity index is 637. The molecule has 6 nitrogen and oxygen atoms in total. The third-order valence-corrected chi connectivity index (χ3v) is 5.46. The quantitative estimate of drug-likeness (QED) is 0.569. The minimum absolute atomic E-state index is 0.0469. The molecule has 2 saturated heterocycles. The van der Waals surface area contributed by atoms with Crippen molar-refractivity contribution in [1.29, 1.82) is 0 Å². The molecule has 0 spiro atoms. The second-order valence-electron chi connectivity index (χ2n) is 7.47. The summed E-state index contributed by atoms with van der Waals surface area (Å²) in [5.74, 6) is 1.29. The number of hydrogen-bond acceptors (Lipinski definition) is 4. The van der Waals surface area contributed by atoms with Crippen LogP contribution >= 0.6 is 0 Å². The lowest BCUT2D eigenvalue weighted by molar-refractivity contribution is 0.0179. The molecule has 2 unspecified atom stereocenters. The van der Waals surface area contributed by atoms with Crippen LogP contribution < -0.4 is 5.32 Å². The van der Waals surface area contributed by atoms with E-state index in [4.69, 9.17) is 14.5 Å². The van der Waals surface area contributed by atoms with Crippen LogP contribution in [0.3, 0.4) is 0 Å². The zero-order chi connectivity index (χ0) is 19.8. The second-order valence-corrected chi connectivity index (χ2v) is 7.47. The number of rotatable bonds is 7. The highest BCUT2D eigenvalue weighted by molar-refractivity contribution is 5.80. The van der Waals surface area contributed by atoms with Crippen molar-refractivity contribution in [3.8, 4) is 0 Å². The van der Waals surface area contributed by atoms with Gasteiger partial charge >= 0.3 is 0 Å². The summed E-state index contributed by atoms with van der Waals surface area (Å²) in [6.45, 7) is 9.34. The molecule has 156 valence electrons. The molecule has 0 amide bonds. The van der Waals surface area contributed by atoms with Gasteiger partial charge in [-0.15, -0.1) is 0 Å². The van der Waals surface area contributed by atoms with Gasteiger partial charge < -0.3 is 19.7 Å². The number of ether oxygens (including phenoxy) is 2. The van der Waals surface area contributed by atoms with Gasteiger partial charge in [-0.3, -0.25) is 9.89 Å². The number of hydrogen-bond donors (Lipinski definition) is 1. The van der Waals surface area contributed by atoms with Crippen molar-refractivity contribution < 1.29 is 13.9 Å². The fourth-order valence-corrected chi connectivity index (χ4v) is 4.03. The van der Waals surface area contributed by atoms with Crippen LogP contribution in [0.4, 0.5) is 4.39 Å². The zero-order valence-electron chi connectivity index (χ0n) is 17.1. The van der Waals surface area contributed by atoms with E-state index < -0.39 is 0 Å². The molecule has 3 rings (SSSR count). The van der Waals surface area contributed by atoms with Crippen LogP contribution in [0.5, 0.6) is 0 Å². The van der Waals surface area contributed by atoms with Gasteiger partial charge in [0.15, 0.2) is 5.96 Å². The number of guanidine groups is 1. The van der Waals surface area contributed by atoms with Gasteiger partial charge in [0.25, 0.3) is 0 Å². The maximum Gasteiger partial charge on any atom is 0.193 e. The summed E-state index contributed by atoms with van der Waals surface area (Å²) in [4.78, 5) is 9.62. The molecule has 2 aliphatic heterocycles. The molecule has 2 aliphatic rings. The number of morpholine rings is 1.